The average Bonchev–Trinajstić information content (AvgIpc) is 2.76. The van der Waals surface area contributed by atoms with E-state index in [1.54, 1.807) is 0 Å². The summed E-state index contributed by atoms with van der Waals surface area (Å²) in [5.41, 5.74) is 0. The number of halogens is 1. The van der Waals surface area contributed by atoms with Gasteiger partial charge in [0.1, 0.15) is 0 Å². The minimum absolute atomic E-state index is 0.00425. The van der Waals surface area contributed by atoms with Crippen LogP contribution in [0.2, 0.25) is 0 Å². The molecule has 1 fully saturated rings. The second-order valence-corrected chi connectivity index (χ2v) is 6.04. The Kier molecular flexibility index (Phi) is 3.56. The van der Waals surface area contributed by atoms with Crippen molar-refractivity contribution in [2.24, 2.45) is 0 Å². The summed E-state index contributed by atoms with van der Waals surface area (Å²) in [7, 11) is -2.43. The van der Waals surface area contributed by atoms with Crippen molar-refractivity contribution in [3.8, 4) is 5.75 Å². The second-order valence-electron chi connectivity index (χ2n) is 4.10. The van der Waals surface area contributed by atoms with E-state index in [2.05, 4.69) is 0 Å². The molecule has 2 rings (SSSR count). The van der Waals surface area contributed by atoms with E-state index in [1.165, 1.54) is 19.2 Å². The molecule has 18 heavy (non-hydrogen) atoms. The molecule has 7 heteroatoms. The molecule has 0 spiro atoms. The average molecular weight is 275 g/mol. The van der Waals surface area contributed by atoms with Gasteiger partial charge in [0.15, 0.2) is 11.6 Å². The number of ether oxygens (including phenoxy) is 1. The SMILES string of the molecule is COc1ccc(S(=O)(=O)N2CC[C@@H](O)C2)cc1F. The standard InChI is InChI=1S/C11H14FNO4S/c1-17-11-3-2-9(6-10(11)12)18(15,16)13-5-4-8(14)7-13/h2-3,6,8,14H,4-5,7H2,1H3/t8-/m1/s1. The number of hydrogen-bond acceptors (Lipinski definition) is 4. The summed E-state index contributed by atoms with van der Waals surface area (Å²) < 4.78 is 43.6. The van der Waals surface area contributed by atoms with Crippen LogP contribution in [0.25, 0.3) is 0 Å². The largest absolute Gasteiger partial charge is 0.494 e. The number of sulfonamides is 1. The highest BCUT2D eigenvalue weighted by atomic mass is 32.2. The van der Waals surface area contributed by atoms with Gasteiger partial charge in [0.25, 0.3) is 0 Å². The molecule has 1 N–H and O–H groups in total. The zero-order valence-corrected chi connectivity index (χ0v) is 10.7. The molecule has 0 aromatic heterocycles. The Bertz CT molecular complexity index is 546. The first-order valence-electron chi connectivity index (χ1n) is 5.47. The maximum Gasteiger partial charge on any atom is 0.243 e. The minimum atomic E-state index is -3.74. The van der Waals surface area contributed by atoms with Crippen molar-refractivity contribution in [2.45, 2.75) is 17.4 Å². The Balaban J connectivity index is 2.33. The van der Waals surface area contributed by atoms with Crippen LogP contribution in [0, 0.1) is 5.82 Å². The summed E-state index contributed by atoms with van der Waals surface area (Å²) in [5.74, 6) is -0.728. The number of hydrogen-bond donors (Lipinski definition) is 1. The van der Waals surface area contributed by atoms with Gasteiger partial charge < -0.3 is 9.84 Å². The van der Waals surface area contributed by atoms with E-state index in [0.29, 0.717) is 6.42 Å². The molecule has 1 atom stereocenters. The molecule has 0 aliphatic carbocycles. The lowest BCUT2D eigenvalue weighted by molar-refractivity contribution is 0.189. The van der Waals surface area contributed by atoms with Gasteiger partial charge in [-0.15, -0.1) is 0 Å². The lowest BCUT2D eigenvalue weighted by atomic mass is 10.3. The number of β-amino-alcohol motifs (C(OH)–C–C–N with tert-alkyl or cyclic N) is 1. The number of methoxy groups -OCH3 is 1. The van der Waals surface area contributed by atoms with Crippen molar-refractivity contribution >= 4 is 10.0 Å². The normalized spacial score (nSPS) is 21.2. The second kappa shape index (κ2) is 4.83. The topological polar surface area (TPSA) is 66.8 Å². The van der Waals surface area contributed by atoms with Gasteiger partial charge in [0, 0.05) is 13.1 Å². The maximum atomic E-state index is 13.5. The van der Waals surface area contributed by atoms with E-state index in [0.717, 1.165) is 10.4 Å². The molecule has 0 radical (unpaired) electrons. The summed E-state index contributed by atoms with van der Waals surface area (Å²) in [5, 5.41) is 9.35. The molecule has 1 aromatic rings. The third kappa shape index (κ3) is 2.33. The van der Waals surface area contributed by atoms with Gasteiger partial charge >= 0.3 is 0 Å². The van der Waals surface area contributed by atoms with Crippen LogP contribution in [0.15, 0.2) is 23.1 Å². The van der Waals surface area contributed by atoms with Crippen LogP contribution in [0.1, 0.15) is 6.42 Å². The monoisotopic (exact) mass is 275 g/mol. The highest BCUT2D eigenvalue weighted by Crippen LogP contribution is 2.25. The summed E-state index contributed by atoms with van der Waals surface area (Å²) in [6, 6.07) is 3.50. The van der Waals surface area contributed by atoms with Gasteiger partial charge in [-0.3, -0.25) is 0 Å². The van der Waals surface area contributed by atoms with Crippen LogP contribution in [-0.2, 0) is 10.0 Å². The van der Waals surface area contributed by atoms with Crippen LogP contribution < -0.4 is 4.74 Å². The molecule has 5 nitrogen and oxygen atoms in total. The van der Waals surface area contributed by atoms with Crippen LogP contribution in [-0.4, -0.2) is 44.1 Å². The molecule has 100 valence electrons. The van der Waals surface area contributed by atoms with Crippen molar-refractivity contribution in [3.63, 3.8) is 0 Å². The zero-order valence-electron chi connectivity index (χ0n) is 9.84. The smallest absolute Gasteiger partial charge is 0.243 e. The Labute approximate surface area is 105 Å². The molecular formula is C11H14FNO4S. The summed E-state index contributed by atoms with van der Waals surface area (Å²) in [6.45, 7) is 0.299. The van der Waals surface area contributed by atoms with Gasteiger partial charge in [-0.1, -0.05) is 0 Å². The fourth-order valence-corrected chi connectivity index (χ4v) is 3.39. The third-order valence-corrected chi connectivity index (χ3v) is 4.75. The first-order chi connectivity index (χ1) is 8.45. The fraction of sp³-hybridized carbons (Fsp3) is 0.455. The zero-order chi connectivity index (χ0) is 13.3. The van der Waals surface area contributed by atoms with Crippen LogP contribution >= 0.6 is 0 Å². The number of rotatable bonds is 3. The van der Waals surface area contributed by atoms with E-state index in [1.807, 2.05) is 0 Å². The summed E-state index contributed by atoms with van der Waals surface area (Å²) in [6.07, 6.45) is -0.249. The molecular weight excluding hydrogens is 261 g/mol. The number of aliphatic hydroxyl groups is 1. The number of benzene rings is 1. The molecule has 0 amide bonds. The van der Waals surface area contributed by atoms with Crippen LogP contribution in [0.5, 0.6) is 5.75 Å². The quantitative estimate of drug-likeness (QED) is 0.876. The van der Waals surface area contributed by atoms with E-state index in [9.17, 15) is 17.9 Å². The summed E-state index contributed by atoms with van der Waals surface area (Å²) in [4.78, 5) is -0.130. The van der Waals surface area contributed by atoms with Crippen molar-refractivity contribution in [3.05, 3.63) is 24.0 Å². The Morgan fingerprint density at radius 2 is 2.22 bits per heavy atom. The molecule has 0 bridgehead atoms. The predicted molar refractivity (Wildman–Crippen MR) is 62.3 cm³/mol. The predicted octanol–water partition coefficient (Wildman–Crippen LogP) is 0.590. The van der Waals surface area contributed by atoms with E-state index in [-0.39, 0.29) is 23.7 Å². The Hall–Kier alpha value is -1.18. The van der Waals surface area contributed by atoms with Crippen molar-refractivity contribution < 1.29 is 22.7 Å². The van der Waals surface area contributed by atoms with E-state index >= 15 is 0 Å². The molecule has 1 aliphatic rings. The van der Waals surface area contributed by atoms with Crippen LogP contribution in [0.3, 0.4) is 0 Å². The lowest BCUT2D eigenvalue weighted by Gasteiger charge is -2.16. The van der Waals surface area contributed by atoms with Gasteiger partial charge in [-0.05, 0) is 24.6 Å². The first-order valence-corrected chi connectivity index (χ1v) is 6.91. The molecule has 1 aliphatic heterocycles. The van der Waals surface area contributed by atoms with Gasteiger partial charge in [-0.2, -0.15) is 4.31 Å². The van der Waals surface area contributed by atoms with E-state index < -0.39 is 21.9 Å². The molecule has 1 heterocycles. The van der Waals surface area contributed by atoms with Crippen LogP contribution in [0.4, 0.5) is 4.39 Å². The first kappa shape index (κ1) is 13.3. The summed E-state index contributed by atoms with van der Waals surface area (Å²) >= 11 is 0. The minimum Gasteiger partial charge on any atom is -0.494 e. The van der Waals surface area contributed by atoms with Crippen molar-refractivity contribution in [2.75, 3.05) is 20.2 Å². The molecule has 0 saturated carbocycles. The number of nitrogens with zero attached hydrogens (tertiary/aromatic N) is 1. The molecule has 1 aromatic carbocycles. The van der Waals surface area contributed by atoms with E-state index in [4.69, 9.17) is 4.74 Å². The number of aliphatic hydroxyl groups excluding tert-OH is 1. The highest BCUT2D eigenvalue weighted by molar-refractivity contribution is 7.89. The molecule has 0 unspecified atom stereocenters. The van der Waals surface area contributed by atoms with Crippen molar-refractivity contribution in [1.82, 2.24) is 4.31 Å². The molecule has 1 saturated heterocycles. The lowest BCUT2D eigenvalue weighted by Crippen LogP contribution is -2.29. The maximum absolute atomic E-state index is 13.5. The highest BCUT2D eigenvalue weighted by Gasteiger charge is 2.32. The van der Waals surface area contributed by atoms with Gasteiger partial charge in [0.2, 0.25) is 10.0 Å². The fourth-order valence-electron chi connectivity index (χ4n) is 1.89. The van der Waals surface area contributed by atoms with Gasteiger partial charge in [0.05, 0.1) is 18.1 Å². The Morgan fingerprint density at radius 3 is 2.72 bits per heavy atom. The Morgan fingerprint density at radius 1 is 1.50 bits per heavy atom. The van der Waals surface area contributed by atoms with Crippen molar-refractivity contribution in [1.29, 1.82) is 0 Å². The third-order valence-electron chi connectivity index (χ3n) is 2.89. The van der Waals surface area contributed by atoms with Gasteiger partial charge in [-0.25, -0.2) is 12.8 Å².